The minimum Gasteiger partial charge on any atom is -0.481 e. The average Bonchev–Trinajstić information content (AvgIpc) is 2.78. The Balaban J connectivity index is 2.33. The van der Waals surface area contributed by atoms with Crippen molar-refractivity contribution in [2.45, 2.75) is 40.2 Å². The first-order valence-electron chi connectivity index (χ1n) is 7.01. The molecule has 1 rings (SSSR count). The summed E-state index contributed by atoms with van der Waals surface area (Å²) in [7, 11) is 0. The van der Waals surface area contributed by atoms with Crippen LogP contribution < -0.4 is 10.6 Å². The van der Waals surface area contributed by atoms with Gasteiger partial charge in [-0.25, -0.2) is 9.78 Å². The van der Waals surface area contributed by atoms with Gasteiger partial charge in [0.05, 0.1) is 11.6 Å². The van der Waals surface area contributed by atoms with E-state index < -0.39 is 5.97 Å². The Morgan fingerprint density at radius 1 is 1.38 bits per heavy atom. The molecule has 0 aromatic carbocycles. The number of hydrogen-bond acceptors (Lipinski definition) is 4. The molecule has 1 aromatic rings. The van der Waals surface area contributed by atoms with Gasteiger partial charge in [-0.2, -0.15) is 0 Å². The fraction of sp³-hybridized carbons (Fsp3) is 0.643. The summed E-state index contributed by atoms with van der Waals surface area (Å²) >= 11 is 1.54. The first-order valence-corrected chi connectivity index (χ1v) is 7.83. The maximum absolute atomic E-state index is 11.7. The van der Waals surface area contributed by atoms with Crippen molar-refractivity contribution in [2.24, 2.45) is 11.8 Å². The summed E-state index contributed by atoms with van der Waals surface area (Å²) in [5.41, 5.74) is 0. The molecule has 1 unspecified atom stereocenters. The number of thiazole rings is 1. The van der Waals surface area contributed by atoms with E-state index in [-0.39, 0.29) is 18.4 Å². The summed E-state index contributed by atoms with van der Waals surface area (Å²) in [6.07, 6.45) is 2.60. The zero-order chi connectivity index (χ0) is 15.8. The fourth-order valence-corrected chi connectivity index (χ4v) is 2.84. The molecular weight excluding hydrogens is 290 g/mol. The number of aliphatic carboxylic acids is 1. The Labute approximate surface area is 129 Å². The van der Waals surface area contributed by atoms with Gasteiger partial charge in [0.1, 0.15) is 0 Å². The minimum atomic E-state index is -0.831. The number of carbonyl (C=O) groups is 2. The average molecular weight is 313 g/mol. The van der Waals surface area contributed by atoms with E-state index in [1.165, 1.54) is 11.3 Å². The zero-order valence-electron chi connectivity index (χ0n) is 12.7. The Kier molecular flexibility index (Phi) is 7.14. The molecule has 3 N–H and O–H groups in total. The van der Waals surface area contributed by atoms with Crippen LogP contribution in [0.25, 0.3) is 0 Å². The van der Waals surface area contributed by atoms with Gasteiger partial charge >= 0.3 is 12.0 Å². The molecule has 2 amide bonds. The fourth-order valence-electron chi connectivity index (χ4n) is 2.11. The molecule has 1 heterocycles. The van der Waals surface area contributed by atoms with Crippen LogP contribution in [-0.4, -0.2) is 28.6 Å². The number of nitrogens with zero attached hydrogens (tertiary/aromatic N) is 1. The van der Waals surface area contributed by atoms with Crippen molar-refractivity contribution in [3.05, 3.63) is 16.1 Å². The number of carboxylic acid groups (broad SMARTS) is 1. The summed E-state index contributed by atoms with van der Waals surface area (Å²) in [5.74, 6) is -0.471. The molecule has 0 fully saturated rings. The van der Waals surface area contributed by atoms with E-state index >= 15 is 0 Å². The predicted octanol–water partition coefficient (Wildman–Crippen LogP) is 2.39. The van der Waals surface area contributed by atoms with E-state index in [1.807, 2.05) is 20.8 Å². The first-order chi connectivity index (χ1) is 9.86. The van der Waals surface area contributed by atoms with Crippen molar-refractivity contribution in [2.75, 3.05) is 6.54 Å². The summed E-state index contributed by atoms with van der Waals surface area (Å²) in [6.45, 7) is 6.81. The van der Waals surface area contributed by atoms with Crippen LogP contribution in [0.4, 0.5) is 4.79 Å². The Morgan fingerprint density at radius 3 is 2.62 bits per heavy atom. The van der Waals surface area contributed by atoms with Gasteiger partial charge < -0.3 is 15.7 Å². The van der Waals surface area contributed by atoms with Crippen LogP contribution in [0.2, 0.25) is 0 Å². The molecule has 0 bridgehead atoms. The molecule has 0 aliphatic rings. The second-order valence-electron chi connectivity index (χ2n) is 5.50. The Morgan fingerprint density at radius 2 is 2.10 bits per heavy atom. The highest BCUT2D eigenvalue weighted by Crippen LogP contribution is 2.14. The Bertz CT molecular complexity index is 474. The molecule has 0 saturated heterocycles. The van der Waals surface area contributed by atoms with E-state index in [4.69, 9.17) is 5.11 Å². The summed E-state index contributed by atoms with van der Waals surface area (Å²) in [6, 6.07) is -0.278. The van der Waals surface area contributed by atoms with E-state index in [9.17, 15) is 9.59 Å². The molecule has 0 spiro atoms. The van der Waals surface area contributed by atoms with E-state index in [0.29, 0.717) is 19.0 Å². The molecule has 1 atom stereocenters. The van der Waals surface area contributed by atoms with Crippen molar-refractivity contribution in [1.29, 1.82) is 0 Å². The molecule has 0 saturated carbocycles. The standard InChI is InChI=1S/C14H23N3O3S/c1-9(2)4-11(5-13(18)19)6-16-14(20)17-8-12-7-15-10(3)21-12/h7,9,11H,4-6,8H2,1-3H3,(H,18,19)(H2,16,17,20). The SMILES string of the molecule is Cc1ncc(CNC(=O)NCC(CC(=O)O)CC(C)C)s1. The monoisotopic (exact) mass is 313 g/mol. The number of amides is 2. The van der Waals surface area contributed by atoms with Gasteiger partial charge in [0, 0.05) is 24.0 Å². The molecule has 118 valence electrons. The second-order valence-corrected chi connectivity index (χ2v) is 6.82. The van der Waals surface area contributed by atoms with Crippen molar-refractivity contribution in [1.82, 2.24) is 15.6 Å². The molecule has 0 radical (unpaired) electrons. The van der Waals surface area contributed by atoms with Crippen molar-refractivity contribution in [3.8, 4) is 0 Å². The van der Waals surface area contributed by atoms with Crippen molar-refractivity contribution >= 4 is 23.3 Å². The third kappa shape index (κ3) is 7.65. The normalized spacial score (nSPS) is 12.2. The number of carboxylic acids is 1. The lowest BCUT2D eigenvalue weighted by molar-refractivity contribution is -0.138. The van der Waals surface area contributed by atoms with Crippen LogP contribution in [0.3, 0.4) is 0 Å². The maximum atomic E-state index is 11.7. The minimum absolute atomic E-state index is 0.0427. The van der Waals surface area contributed by atoms with Gasteiger partial charge in [-0.05, 0) is 25.2 Å². The lowest BCUT2D eigenvalue weighted by atomic mass is 9.94. The molecular formula is C14H23N3O3S. The topological polar surface area (TPSA) is 91.3 Å². The number of urea groups is 1. The van der Waals surface area contributed by atoms with Gasteiger partial charge in [0.25, 0.3) is 0 Å². The molecule has 7 heteroatoms. The number of carbonyl (C=O) groups excluding carboxylic acids is 1. The number of nitrogens with one attached hydrogen (secondary N) is 2. The molecule has 0 aliphatic carbocycles. The highest BCUT2D eigenvalue weighted by Gasteiger charge is 2.16. The molecule has 6 nitrogen and oxygen atoms in total. The predicted molar refractivity (Wildman–Crippen MR) is 82.3 cm³/mol. The third-order valence-corrected chi connectivity index (χ3v) is 3.82. The van der Waals surface area contributed by atoms with Gasteiger partial charge in [0.2, 0.25) is 0 Å². The number of aryl methyl sites for hydroxylation is 1. The highest BCUT2D eigenvalue weighted by molar-refractivity contribution is 7.11. The smallest absolute Gasteiger partial charge is 0.315 e. The van der Waals surface area contributed by atoms with E-state index in [2.05, 4.69) is 15.6 Å². The van der Waals surface area contributed by atoms with Gasteiger partial charge in [0.15, 0.2) is 0 Å². The largest absolute Gasteiger partial charge is 0.481 e. The van der Waals surface area contributed by atoms with Crippen molar-refractivity contribution in [3.63, 3.8) is 0 Å². The summed E-state index contributed by atoms with van der Waals surface area (Å²) in [4.78, 5) is 27.6. The molecule has 0 aliphatic heterocycles. The van der Waals surface area contributed by atoms with Crippen molar-refractivity contribution < 1.29 is 14.7 Å². The first kappa shape index (κ1) is 17.4. The Hall–Kier alpha value is -1.63. The van der Waals surface area contributed by atoms with Crippen LogP contribution in [0, 0.1) is 18.8 Å². The van der Waals surface area contributed by atoms with E-state index in [0.717, 1.165) is 16.3 Å². The van der Waals surface area contributed by atoms with E-state index in [1.54, 1.807) is 6.20 Å². The van der Waals surface area contributed by atoms with Crippen LogP contribution in [0.15, 0.2) is 6.20 Å². The van der Waals surface area contributed by atoms with Crippen LogP contribution in [0.5, 0.6) is 0 Å². The number of hydrogen-bond donors (Lipinski definition) is 3. The lowest BCUT2D eigenvalue weighted by Crippen LogP contribution is -2.38. The summed E-state index contributed by atoms with van der Waals surface area (Å²) < 4.78 is 0. The van der Waals surface area contributed by atoms with Gasteiger partial charge in [-0.3, -0.25) is 4.79 Å². The van der Waals surface area contributed by atoms with Crippen LogP contribution in [-0.2, 0) is 11.3 Å². The quantitative estimate of drug-likeness (QED) is 0.687. The number of rotatable bonds is 8. The number of aromatic nitrogens is 1. The zero-order valence-corrected chi connectivity index (χ0v) is 13.5. The maximum Gasteiger partial charge on any atom is 0.315 e. The summed E-state index contributed by atoms with van der Waals surface area (Å²) in [5, 5.41) is 15.3. The highest BCUT2D eigenvalue weighted by atomic mass is 32.1. The lowest BCUT2D eigenvalue weighted by Gasteiger charge is -2.17. The molecule has 21 heavy (non-hydrogen) atoms. The third-order valence-electron chi connectivity index (χ3n) is 2.91. The second kappa shape index (κ2) is 8.61. The molecule has 1 aromatic heterocycles. The van der Waals surface area contributed by atoms with Gasteiger partial charge in [-0.1, -0.05) is 13.8 Å². The van der Waals surface area contributed by atoms with Gasteiger partial charge in [-0.15, -0.1) is 11.3 Å². The van der Waals surface area contributed by atoms with Crippen LogP contribution >= 0.6 is 11.3 Å². The van der Waals surface area contributed by atoms with Crippen LogP contribution in [0.1, 0.15) is 36.6 Å².